The van der Waals surface area contributed by atoms with E-state index in [1.807, 2.05) is 23.6 Å². The van der Waals surface area contributed by atoms with Gasteiger partial charge >= 0.3 is 5.97 Å². The lowest BCUT2D eigenvalue weighted by atomic mass is 10.0. The lowest BCUT2D eigenvalue weighted by Gasteiger charge is -2.08. The normalized spacial score (nSPS) is 11.0. The molecule has 0 saturated carbocycles. The van der Waals surface area contributed by atoms with Gasteiger partial charge < -0.3 is 4.74 Å². The zero-order valence-electron chi connectivity index (χ0n) is 16.4. The van der Waals surface area contributed by atoms with E-state index in [1.54, 1.807) is 23.0 Å². The Balaban J connectivity index is 1.73. The molecule has 0 bridgehead atoms. The molecule has 0 amide bonds. The van der Waals surface area contributed by atoms with E-state index in [1.165, 1.54) is 29.6 Å². The number of carbonyl (C=O) groups excluding carboxylic acids is 1. The topological polar surface area (TPSA) is 61.2 Å². The molecule has 0 aliphatic carbocycles. The summed E-state index contributed by atoms with van der Waals surface area (Å²) < 4.78 is 6.32. The van der Waals surface area contributed by atoms with Crippen LogP contribution in [0.4, 0.5) is 0 Å². The number of aryl methyl sites for hydroxylation is 2. The molecule has 0 saturated heterocycles. The van der Waals surface area contributed by atoms with E-state index >= 15 is 0 Å². The van der Waals surface area contributed by atoms with Crippen molar-refractivity contribution < 1.29 is 9.53 Å². The number of carbonyl (C=O) groups is 1. The second-order valence-electron chi connectivity index (χ2n) is 6.99. The van der Waals surface area contributed by atoms with E-state index in [9.17, 15) is 9.59 Å². The fourth-order valence-corrected chi connectivity index (χ4v) is 4.17. The SMILES string of the molecule is COC(=O)c1ccc(Cn2cnc3scc(-c4ccc(C)c(C)c4)c3c2=O)cc1. The molecule has 2 aromatic heterocycles. The monoisotopic (exact) mass is 404 g/mol. The number of rotatable bonds is 4. The number of hydrogen-bond acceptors (Lipinski definition) is 5. The van der Waals surface area contributed by atoms with E-state index in [-0.39, 0.29) is 11.5 Å². The zero-order valence-corrected chi connectivity index (χ0v) is 17.2. The van der Waals surface area contributed by atoms with Gasteiger partial charge in [-0.15, -0.1) is 11.3 Å². The Morgan fingerprint density at radius 2 is 1.86 bits per heavy atom. The Hall–Kier alpha value is -3.25. The van der Waals surface area contributed by atoms with Crippen molar-refractivity contribution >= 4 is 27.5 Å². The van der Waals surface area contributed by atoms with Crippen LogP contribution in [0.1, 0.15) is 27.0 Å². The molecule has 0 N–H and O–H groups in total. The lowest BCUT2D eigenvalue weighted by Crippen LogP contribution is -2.21. The third kappa shape index (κ3) is 3.59. The van der Waals surface area contributed by atoms with Gasteiger partial charge in [-0.05, 0) is 48.2 Å². The number of methoxy groups -OCH3 is 1. The molecular formula is C23H20N2O3S. The van der Waals surface area contributed by atoms with Crippen molar-refractivity contribution in [2.75, 3.05) is 7.11 Å². The van der Waals surface area contributed by atoms with E-state index in [0.717, 1.165) is 21.5 Å². The van der Waals surface area contributed by atoms with Crippen LogP contribution in [-0.4, -0.2) is 22.6 Å². The van der Waals surface area contributed by atoms with Crippen LogP contribution in [0.15, 0.2) is 59.0 Å². The number of ether oxygens (including phenoxy) is 1. The average Bonchev–Trinajstić information content (AvgIpc) is 3.17. The van der Waals surface area contributed by atoms with Gasteiger partial charge in [0.05, 0.1) is 30.9 Å². The molecular weight excluding hydrogens is 384 g/mol. The van der Waals surface area contributed by atoms with Crippen LogP contribution < -0.4 is 5.56 Å². The molecule has 5 nitrogen and oxygen atoms in total. The summed E-state index contributed by atoms with van der Waals surface area (Å²) in [6, 6.07) is 13.3. The minimum atomic E-state index is -0.381. The van der Waals surface area contributed by atoms with Crippen molar-refractivity contribution in [2.45, 2.75) is 20.4 Å². The standard InChI is InChI=1S/C23H20N2O3S/c1-14-4-7-18(10-15(14)2)19-12-29-21-20(19)22(26)25(13-24-21)11-16-5-8-17(9-6-16)23(27)28-3/h4-10,12-13H,11H2,1-3H3. The highest BCUT2D eigenvalue weighted by atomic mass is 32.1. The number of fused-ring (bicyclic) bond motifs is 1. The van der Waals surface area contributed by atoms with E-state index < -0.39 is 0 Å². The second-order valence-corrected chi connectivity index (χ2v) is 7.85. The van der Waals surface area contributed by atoms with Crippen molar-refractivity contribution in [1.29, 1.82) is 0 Å². The predicted octanol–water partition coefficient (Wildman–Crippen LogP) is 4.58. The fraction of sp³-hybridized carbons (Fsp3) is 0.174. The van der Waals surface area contributed by atoms with Crippen molar-refractivity contribution in [1.82, 2.24) is 9.55 Å². The van der Waals surface area contributed by atoms with Crippen molar-refractivity contribution in [2.24, 2.45) is 0 Å². The Labute approximate surface area is 172 Å². The number of esters is 1. The molecule has 0 spiro atoms. The maximum Gasteiger partial charge on any atom is 0.337 e. The van der Waals surface area contributed by atoms with Gasteiger partial charge in [0.1, 0.15) is 4.83 Å². The van der Waals surface area contributed by atoms with Gasteiger partial charge in [-0.3, -0.25) is 9.36 Å². The highest BCUT2D eigenvalue weighted by Gasteiger charge is 2.14. The Kier molecular flexibility index (Phi) is 5.03. The summed E-state index contributed by atoms with van der Waals surface area (Å²) in [6.45, 7) is 4.53. The molecule has 0 aliphatic heterocycles. The number of thiophene rings is 1. The molecule has 29 heavy (non-hydrogen) atoms. The number of hydrogen-bond donors (Lipinski definition) is 0. The van der Waals surface area contributed by atoms with Crippen molar-refractivity contribution in [3.8, 4) is 11.1 Å². The van der Waals surface area contributed by atoms with Crippen molar-refractivity contribution in [3.63, 3.8) is 0 Å². The van der Waals surface area contributed by atoms with Crippen LogP contribution in [-0.2, 0) is 11.3 Å². The molecule has 0 radical (unpaired) electrons. The minimum Gasteiger partial charge on any atom is -0.465 e. The number of aromatic nitrogens is 2. The molecule has 2 aromatic carbocycles. The van der Waals surface area contributed by atoms with Crippen LogP contribution in [0.3, 0.4) is 0 Å². The quantitative estimate of drug-likeness (QED) is 0.467. The largest absolute Gasteiger partial charge is 0.465 e. The molecule has 2 heterocycles. The third-order valence-corrected chi connectivity index (χ3v) is 5.99. The van der Waals surface area contributed by atoms with E-state index in [0.29, 0.717) is 17.5 Å². The molecule has 0 unspecified atom stereocenters. The van der Waals surface area contributed by atoms with Gasteiger partial charge in [0.2, 0.25) is 0 Å². The maximum absolute atomic E-state index is 13.2. The molecule has 146 valence electrons. The van der Waals surface area contributed by atoms with E-state index in [4.69, 9.17) is 4.74 Å². The highest BCUT2D eigenvalue weighted by Crippen LogP contribution is 2.31. The number of benzene rings is 2. The number of nitrogens with zero attached hydrogens (tertiary/aromatic N) is 2. The fourth-order valence-electron chi connectivity index (χ4n) is 3.26. The van der Waals surface area contributed by atoms with Crippen LogP contribution in [0.25, 0.3) is 21.3 Å². The highest BCUT2D eigenvalue weighted by molar-refractivity contribution is 7.17. The Morgan fingerprint density at radius 1 is 1.10 bits per heavy atom. The van der Waals surface area contributed by atoms with Gasteiger partial charge in [-0.1, -0.05) is 30.3 Å². The zero-order chi connectivity index (χ0) is 20.5. The third-order valence-electron chi connectivity index (χ3n) is 5.11. The molecule has 0 fully saturated rings. The summed E-state index contributed by atoms with van der Waals surface area (Å²) >= 11 is 1.48. The van der Waals surface area contributed by atoms with Gasteiger partial charge in [0, 0.05) is 10.9 Å². The Bertz CT molecular complexity index is 1270. The molecule has 4 aromatic rings. The summed E-state index contributed by atoms with van der Waals surface area (Å²) in [5.74, 6) is -0.381. The molecule has 0 aliphatic rings. The van der Waals surface area contributed by atoms with Crippen LogP contribution in [0, 0.1) is 13.8 Å². The molecule has 4 rings (SSSR count). The first-order valence-electron chi connectivity index (χ1n) is 9.19. The average molecular weight is 404 g/mol. The summed E-state index contributed by atoms with van der Waals surface area (Å²) in [5.41, 5.74) is 5.67. The van der Waals surface area contributed by atoms with Gasteiger partial charge in [0.15, 0.2) is 0 Å². The first-order chi connectivity index (χ1) is 14.0. The predicted molar refractivity (Wildman–Crippen MR) is 116 cm³/mol. The smallest absolute Gasteiger partial charge is 0.337 e. The second kappa shape index (κ2) is 7.64. The van der Waals surface area contributed by atoms with Gasteiger partial charge in [0.25, 0.3) is 5.56 Å². The summed E-state index contributed by atoms with van der Waals surface area (Å²) in [7, 11) is 1.35. The van der Waals surface area contributed by atoms with Gasteiger partial charge in [-0.2, -0.15) is 0 Å². The van der Waals surface area contributed by atoms with Crippen LogP contribution in [0.5, 0.6) is 0 Å². The van der Waals surface area contributed by atoms with Gasteiger partial charge in [-0.25, -0.2) is 9.78 Å². The lowest BCUT2D eigenvalue weighted by molar-refractivity contribution is 0.0600. The van der Waals surface area contributed by atoms with Crippen molar-refractivity contribution in [3.05, 3.63) is 86.8 Å². The molecule has 0 atom stereocenters. The Morgan fingerprint density at radius 3 is 2.55 bits per heavy atom. The first-order valence-corrected chi connectivity index (χ1v) is 10.1. The molecule has 6 heteroatoms. The first kappa shape index (κ1) is 19.1. The van der Waals surface area contributed by atoms with Crippen LogP contribution in [0.2, 0.25) is 0 Å². The van der Waals surface area contributed by atoms with Crippen LogP contribution >= 0.6 is 11.3 Å². The summed E-state index contributed by atoms with van der Waals surface area (Å²) in [6.07, 6.45) is 1.58. The summed E-state index contributed by atoms with van der Waals surface area (Å²) in [4.78, 5) is 30.0. The minimum absolute atomic E-state index is 0.0680. The maximum atomic E-state index is 13.2. The summed E-state index contributed by atoms with van der Waals surface area (Å²) in [5, 5.41) is 2.64. The van der Waals surface area contributed by atoms with E-state index in [2.05, 4.69) is 31.0 Å².